The lowest BCUT2D eigenvalue weighted by Crippen LogP contribution is -2.45. The molecule has 0 aliphatic heterocycles. The third kappa shape index (κ3) is 4.85. The van der Waals surface area contributed by atoms with E-state index >= 15 is 0 Å². The van der Waals surface area contributed by atoms with Gasteiger partial charge in [-0.1, -0.05) is 0 Å². The number of esters is 1. The number of hydrogen-bond acceptors (Lipinski definition) is 6. The van der Waals surface area contributed by atoms with Gasteiger partial charge in [0, 0.05) is 6.04 Å². The number of nitrogens with zero attached hydrogens (tertiary/aromatic N) is 1. The average molecular weight is 282 g/mol. The van der Waals surface area contributed by atoms with Crippen LogP contribution in [0.4, 0.5) is 0 Å². The zero-order chi connectivity index (χ0) is 15.1. The first-order valence-electron chi connectivity index (χ1n) is 6.12. The van der Waals surface area contributed by atoms with Crippen molar-refractivity contribution in [3.63, 3.8) is 0 Å². The number of carbonyl (C=O) groups excluding carboxylic acids is 3. The van der Waals surface area contributed by atoms with E-state index in [-0.39, 0.29) is 24.9 Å². The van der Waals surface area contributed by atoms with Crippen molar-refractivity contribution >= 4 is 17.8 Å². The minimum Gasteiger partial charge on any atom is -0.468 e. The first-order valence-corrected chi connectivity index (χ1v) is 6.12. The summed E-state index contributed by atoms with van der Waals surface area (Å²) in [5, 5.41) is 2.19. The van der Waals surface area contributed by atoms with Crippen molar-refractivity contribution in [3.05, 3.63) is 24.2 Å². The predicted octanol–water partition coefficient (Wildman–Crippen LogP) is 0.419. The zero-order valence-corrected chi connectivity index (χ0v) is 11.7. The van der Waals surface area contributed by atoms with Crippen molar-refractivity contribution in [2.24, 2.45) is 0 Å². The molecule has 1 heterocycles. The Labute approximate surface area is 116 Å². The molecule has 0 saturated carbocycles. The predicted molar refractivity (Wildman–Crippen MR) is 69.9 cm³/mol. The van der Waals surface area contributed by atoms with Gasteiger partial charge < -0.3 is 9.15 Å². The van der Waals surface area contributed by atoms with E-state index in [0.29, 0.717) is 0 Å². The molecule has 0 fully saturated rings. The summed E-state index contributed by atoms with van der Waals surface area (Å²) in [4.78, 5) is 36.2. The van der Waals surface area contributed by atoms with E-state index in [1.54, 1.807) is 11.0 Å². The number of imide groups is 1. The second-order valence-electron chi connectivity index (χ2n) is 4.43. The summed E-state index contributed by atoms with van der Waals surface area (Å²) in [6.45, 7) is 3.57. The van der Waals surface area contributed by atoms with E-state index in [2.05, 4.69) is 10.1 Å². The quantitative estimate of drug-likeness (QED) is 0.761. The van der Waals surface area contributed by atoms with Gasteiger partial charge >= 0.3 is 5.97 Å². The monoisotopic (exact) mass is 282 g/mol. The van der Waals surface area contributed by atoms with Crippen molar-refractivity contribution in [2.45, 2.75) is 19.9 Å². The van der Waals surface area contributed by atoms with Crippen LogP contribution in [0.15, 0.2) is 22.8 Å². The van der Waals surface area contributed by atoms with Gasteiger partial charge in [-0.3, -0.25) is 24.6 Å². The molecule has 20 heavy (non-hydrogen) atoms. The van der Waals surface area contributed by atoms with E-state index in [0.717, 1.165) is 0 Å². The second kappa shape index (κ2) is 7.44. The van der Waals surface area contributed by atoms with Crippen LogP contribution in [0.1, 0.15) is 24.4 Å². The Morgan fingerprint density at radius 2 is 2.05 bits per heavy atom. The molecule has 2 amide bonds. The Balaban J connectivity index is 2.54. The Morgan fingerprint density at radius 1 is 1.35 bits per heavy atom. The highest BCUT2D eigenvalue weighted by atomic mass is 16.5. The fraction of sp³-hybridized carbons (Fsp3) is 0.462. The van der Waals surface area contributed by atoms with Crippen LogP contribution in [-0.4, -0.2) is 48.9 Å². The van der Waals surface area contributed by atoms with Crippen molar-refractivity contribution < 1.29 is 23.5 Å². The molecule has 1 N–H and O–H groups in total. The molecule has 0 aliphatic carbocycles. The zero-order valence-electron chi connectivity index (χ0n) is 11.7. The normalized spacial score (nSPS) is 10.7. The molecule has 0 aliphatic rings. The van der Waals surface area contributed by atoms with Gasteiger partial charge in [0.2, 0.25) is 5.91 Å². The van der Waals surface area contributed by atoms with Gasteiger partial charge in [-0.05, 0) is 26.0 Å². The molecule has 7 heteroatoms. The summed E-state index contributed by atoms with van der Waals surface area (Å²) in [5.74, 6) is -1.50. The highest BCUT2D eigenvalue weighted by Gasteiger charge is 2.20. The van der Waals surface area contributed by atoms with Crippen molar-refractivity contribution in [1.29, 1.82) is 0 Å². The summed E-state index contributed by atoms with van der Waals surface area (Å²) >= 11 is 0. The molecule has 0 spiro atoms. The lowest BCUT2D eigenvalue weighted by Gasteiger charge is -2.24. The molecule has 1 aromatic rings. The lowest BCUT2D eigenvalue weighted by atomic mass is 10.3. The van der Waals surface area contributed by atoms with E-state index < -0.39 is 17.8 Å². The van der Waals surface area contributed by atoms with Crippen LogP contribution in [0.3, 0.4) is 0 Å². The molecule has 1 rings (SSSR count). The molecule has 0 radical (unpaired) electrons. The van der Waals surface area contributed by atoms with Crippen LogP contribution in [0, 0.1) is 0 Å². The van der Waals surface area contributed by atoms with Crippen LogP contribution < -0.4 is 5.32 Å². The molecule has 0 saturated heterocycles. The number of furan rings is 1. The van der Waals surface area contributed by atoms with Gasteiger partial charge in [0.25, 0.3) is 5.91 Å². The molecule has 0 aromatic carbocycles. The highest BCUT2D eigenvalue weighted by molar-refractivity contribution is 6.03. The number of nitrogens with one attached hydrogen (secondary N) is 1. The van der Waals surface area contributed by atoms with Crippen LogP contribution >= 0.6 is 0 Å². The van der Waals surface area contributed by atoms with Gasteiger partial charge in [0.05, 0.1) is 26.5 Å². The summed E-state index contributed by atoms with van der Waals surface area (Å²) in [6, 6.07) is 2.97. The topological polar surface area (TPSA) is 88.9 Å². The number of ether oxygens (including phenoxy) is 1. The summed E-state index contributed by atoms with van der Waals surface area (Å²) in [7, 11) is 1.28. The van der Waals surface area contributed by atoms with Crippen LogP contribution in [0.2, 0.25) is 0 Å². The van der Waals surface area contributed by atoms with Gasteiger partial charge in [0.15, 0.2) is 5.76 Å². The molecule has 7 nitrogen and oxygen atoms in total. The van der Waals surface area contributed by atoms with Crippen LogP contribution in [0.25, 0.3) is 0 Å². The third-order valence-electron chi connectivity index (χ3n) is 2.63. The third-order valence-corrected chi connectivity index (χ3v) is 2.63. The van der Waals surface area contributed by atoms with Crippen LogP contribution in [-0.2, 0) is 14.3 Å². The number of rotatable bonds is 6. The first kappa shape index (κ1) is 15.9. The summed E-state index contributed by atoms with van der Waals surface area (Å²) in [6.07, 6.45) is 1.34. The van der Waals surface area contributed by atoms with E-state index in [4.69, 9.17) is 4.42 Å². The fourth-order valence-corrected chi connectivity index (χ4v) is 1.47. The number of carbonyl (C=O) groups is 3. The Bertz CT molecular complexity index is 467. The number of amides is 2. The lowest BCUT2D eigenvalue weighted by molar-refractivity contribution is -0.142. The Kier molecular flexibility index (Phi) is 5.92. The second-order valence-corrected chi connectivity index (χ2v) is 4.43. The first-order chi connectivity index (χ1) is 9.43. The Morgan fingerprint density at radius 3 is 2.55 bits per heavy atom. The molecule has 110 valence electrons. The van der Waals surface area contributed by atoms with Crippen LogP contribution in [0.5, 0.6) is 0 Å². The molecule has 0 atom stereocenters. The number of hydrogen-bond donors (Lipinski definition) is 1. The average Bonchev–Trinajstić information content (AvgIpc) is 2.91. The summed E-state index contributed by atoms with van der Waals surface area (Å²) < 4.78 is 9.44. The van der Waals surface area contributed by atoms with Gasteiger partial charge in [-0.25, -0.2) is 0 Å². The van der Waals surface area contributed by atoms with E-state index in [1.807, 2.05) is 13.8 Å². The fourth-order valence-electron chi connectivity index (χ4n) is 1.47. The van der Waals surface area contributed by atoms with Crippen molar-refractivity contribution in [1.82, 2.24) is 10.2 Å². The summed E-state index contributed by atoms with van der Waals surface area (Å²) in [5.41, 5.74) is 0. The van der Waals surface area contributed by atoms with E-state index in [9.17, 15) is 14.4 Å². The van der Waals surface area contributed by atoms with Crippen molar-refractivity contribution in [3.8, 4) is 0 Å². The molecular weight excluding hydrogens is 264 g/mol. The largest absolute Gasteiger partial charge is 0.468 e. The Hall–Kier alpha value is -2.15. The van der Waals surface area contributed by atoms with Gasteiger partial charge in [-0.15, -0.1) is 0 Å². The maximum absolute atomic E-state index is 11.8. The van der Waals surface area contributed by atoms with E-state index in [1.165, 1.54) is 19.4 Å². The van der Waals surface area contributed by atoms with Gasteiger partial charge in [-0.2, -0.15) is 0 Å². The molecule has 1 aromatic heterocycles. The minimum absolute atomic E-state index is 0.0173. The standard InChI is InChI=1S/C13H18N2O5/c1-9(2)15(8-12(17)19-3)7-11(16)14-13(18)10-5-4-6-20-10/h4-6,9H,7-8H2,1-3H3,(H,14,16,18). The smallest absolute Gasteiger partial charge is 0.319 e. The molecule has 0 unspecified atom stereocenters. The maximum Gasteiger partial charge on any atom is 0.319 e. The highest BCUT2D eigenvalue weighted by Crippen LogP contribution is 2.01. The number of methoxy groups -OCH3 is 1. The SMILES string of the molecule is COC(=O)CN(CC(=O)NC(=O)c1ccco1)C(C)C. The van der Waals surface area contributed by atoms with Gasteiger partial charge in [0.1, 0.15) is 0 Å². The molecular formula is C13H18N2O5. The van der Waals surface area contributed by atoms with Crippen molar-refractivity contribution in [2.75, 3.05) is 20.2 Å². The molecule has 0 bridgehead atoms. The minimum atomic E-state index is -0.609. The maximum atomic E-state index is 11.8.